The average molecular weight is 429 g/mol. The molecule has 9 heteroatoms. The molecule has 0 aromatic rings. The van der Waals surface area contributed by atoms with Gasteiger partial charge < -0.3 is 4.74 Å². The molecule has 0 heterocycles. The van der Waals surface area contributed by atoms with E-state index in [-0.39, 0.29) is 22.3 Å². The Balaban J connectivity index is 3.69. The molecule has 0 aliphatic rings. The van der Waals surface area contributed by atoms with Gasteiger partial charge in [-0.25, -0.2) is 27.1 Å². The molecular formula is C18H40N2O5S2. The minimum absolute atomic E-state index is 0.0318. The lowest BCUT2D eigenvalue weighted by molar-refractivity contribution is 0.120. The molecular weight excluding hydrogens is 388 g/mol. The quantitative estimate of drug-likeness (QED) is 0.365. The fraction of sp³-hybridized carbons (Fsp3) is 1.00. The molecule has 0 atom stereocenters. The number of rotatable bonds is 16. The number of primary sulfonamides is 2. The molecule has 0 aliphatic heterocycles. The average Bonchev–Trinajstić information content (AvgIpc) is 2.48. The van der Waals surface area contributed by atoms with Crippen LogP contribution in [0.2, 0.25) is 0 Å². The van der Waals surface area contributed by atoms with Crippen molar-refractivity contribution in [1.82, 2.24) is 0 Å². The van der Waals surface area contributed by atoms with Gasteiger partial charge in [0.05, 0.1) is 11.5 Å². The van der Waals surface area contributed by atoms with Gasteiger partial charge in [0.25, 0.3) is 0 Å². The summed E-state index contributed by atoms with van der Waals surface area (Å²) in [4.78, 5) is 0. The Bertz CT molecular complexity index is 560. The zero-order valence-electron chi connectivity index (χ0n) is 17.5. The highest BCUT2D eigenvalue weighted by molar-refractivity contribution is 7.89. The zero-order valence-corrected chi connectivity index (χ0v) is 19.1. The predicted molar refractivity (Wildman–Crippen MR) is 111 cm³/mol. The molecule has 164 valence electrons. The van der Waals surface area contributed by atoms with Gasteiger partial charge in [-0.05, 0) is 49.4 Å². The molecule has 0 fully saturated rings. The predicted octanol–water partition coefficient (Wildman–Crippen LogP) is 2.75. The zero-order chi connectivity index (χ0) is 21.2. The summed E-state index contributed by atoms with van der Waals surface area (Å²) < 4.78 is 49.8. The van der Waals surface area contributed by atoms with Crippen molar-refractivity contribution in [3.8, 4) is 0 Å². The molecule has 0 aromatic carbocycles. The molecule has 0 saturated heterocycles. The van der Waals surface area contributed by atoms with Gasteiger partial charge in [0.2, 0.25) is 20.0 Å². The lowest BCUT2D eigenvalue weighted by Crippen LogP contribution is -2.22. The van der Waals surface area contributed by atoms with E-state index in [1.54, 1.807) is 0 Å². The van der Waals surface area contributed by atoms with Crippen LogP contribution in [0.15, 0.2) is 0 Å². The van der Waals surface area contributed by atoms with Crippen LogP contribution in [0.3, 0.4) is 0 Å². The smallest absolute Gasteiger partial charge is 0.209 e. The fourth-order valence-electron chi connectivity index (χ4n) is 2.80. The third-order valence-corrected chi connectivity index (χ3v) is 6.46. The first kappa shape index (κ1) is 26.8. The third kappa shape index (κ3) is 18.9. The van der Waals surface area contributed by atoms with Crippen molar-refractivity contribution in [2.45, 2.75) is 79.1 Å². The minimum atomic E-state index is -3.39. The van der Waals surface area contributed by atoms with Crippen LogP contribution < -0.4 is 10.3 Å². The molecule has 0 amide bonds. The molecule has 0 saturated carbocycles. The second-order valence-electron chi connectivity index (χ2n) is 9.09. The summed E-state index contributed by atoms with van der Waals surface area (Å²) in [5.74, 6) is 0.0636. The van der Waals surface area contributed by atoms with Crippen LogP contribution in [0.5, 0.6) is 0 Å². The van der Waals surface area contributed by atoms with Crippen molar-refractivity contribution in [3.05, 3.63) is 0 Å². The topological polar surface area (TPSA) is 130 Å². The number of nitrogens with two attached hydrogens (primary N) is 2. The maximum Gasteiger partial charge on any atom is 0.209 e. The Labute approximate surface area is 166 Å². The van der Waals surface area contributed by atoms with Gasteiger partial charge in [-0.3, -0.25) is 0 Å². The van der Waals surface area contributed by atoms with Gasteiger partial charge in [0.1, 0.15) is 0 Å². The lowest BCUT2D eigenvalue weighted by Gasteiger charge is -2.24. The van der Waals surface area contributed by atoms with Crippen molar-refractivity contribution < 1.29 is 21.6 Å². The third-order valence-electron chi connectivity index (χ3n) is 4.91. The van der Waals surface area contributed by atoms with Crippen LogP contribution in [0.25, 0.3) is 0 Å². The number of ether oxygens (including phenoxy) is 1. The molecule has 0 spiro atoms. The van der Waals surface area contributed by atoms with E-state index in [0.29, 0.717) is 26.1 Å². The molecule has 0 rings (SSSR count). The van der Waals surface area contributed by atoms with E-state index in [4.69, 9.17) is 15.0 Å². The highest BCUT2D eigenvalue weighted by atomic mass is 32.2. The molecule has 0 aliphatic carbocycles. The Morgan fingerprint density at radius 2 is 0.963 bits per heavy atom. The lowest BCUT2D eigenvalue weighted by atomic mass is 9.84. The molecule has 4 N–H and O–H groups in total. The molecule has 7 nitrogen and oxygen atoms in total. The second kappa shape index (κ2) is 11.7. The van der Waals surface area contributed by atoms with Gasteiger partial charge in [-0.15, -0.1) is 0 Å². The van der Waals surface area contributed by atoms with Crippen LogP contribution in [0.1, 0.15) is 79.1 Å². The largest absolute Gasteiger partial charge is 0.381 e. The number of unbranched alkanes of at least 4 members (excludes halogenated alkanes) is 2. The summed E-state index contributed by atoms with van der Waals surface area (Å²) in [5.41, 5.74) is -0.0654. The Morgan fingerprint density at radius 1 is 0.630 bits per heavy atom. The molecule has 0 aromatic heterocycles. The van der Waals surface area contributed by atoms with Gasteiger partial charge in [0, 0.05) is 13.2 Å². The fourth-order valence-corrected chi connectivity index (χ4v) is 4.48. The van der Waals surface area contributed by atoms with E-state index in [0.717, 1.165) is 38.5 Å². The van der Waals surface area contributed by atoms with E-state index >= 15 is 0 Å². The number of hydrogen-bond acceptors (Lipinski definition) is 5. The minimum Gasteiger partial charge on any atom is -0.381 e. The van der Waals surface area contributed by atoms with E-state index < -0.39 is 20.0 Å². The van der Waals surface area contributed by atoms with Crippen LogP contribution in [-0.4, -0.2) is 41.6 Å². The highest BCUT2D eigenvalue weighted by Crippen LogP contribution is 2.28. The molecule has 0 bridgehead atoms. The van der Waals surface area contributed by atoms with Crippen LogP contribution in [0.4, 0.5) is 0 Å². The first-order valence-corrected chi connectivity index (χ1v) is 13.1. The van der Waals surface area contributed by atoms with Crippen LogP contribution >= 0.6 is 0 Å². The number of hydrogen-bond donors (Lipinski definition) is 2. The monoisotopic (exact) mass is 428 g/mol. The van der Waals surface area contributed by atoms with Crippen molar-refractivity contribution in [3.63, 3.8) is 0 Å². The first-order chi connectivity index (χ1) is 12.1. The summed E-state index contributed by atoms with van der Waals surface area (Å²) in [5, 5.41) is 10.1. The van der Waals surface area contributed by atoms with Crippen LogP contribution in [-0.2, 0) is 24.8 Å². The van der Waals surface area contributed by atoms with Gasteiger partial charge >= 0.3 is 0 Å². The maximum absolute atomic E-state index is 11.0. The standard InChI is InChI=1S/C18H40N2O5S2/c1-17(2,11-15-26(19,21)22)9-5-7-13-25-14-8-6-10-18(3,4)12-16-27(20,23)24/h5-16H2,1-4H3,(H2,19,21,22)(H2,20,23,24). The van der Waals surface area contributed by atoms with Gasteiger partial charge in [-0.2, -0.15) is 0 Å². The van der Waals surface area contributed by atoms with E-state index in [1.807, 2.05) is 0 Å². The summed E-state index contributed by atoms with van der Waals surface area (Å²) in [6, 6.07) is 0. The Hall–Kier alpha value is -0.220. The van der Waals surface area contributed by atoms with Crippen molar-refractivity contribution >= 4 is 20.0 Å². The Kier molecular flexibility index (Phi) is 11.6. The van der Waals surface area contributed by atoms with Crippen molar-refractivity contribution in [2.24, 2.45) is 21.1 Å². The summed E-state index contributed by atoms with van der Waals surface area (Å²) in [6.07, 6.45) is 6.96. The summed E-state index contributed by atoms with van der Waals surface area (Å²) in [6.45, 7) is 9.68. The van der Waals surface area contributed by atoms with E-state index in [9.17, 15) is 16.8 Å². The molecule has 27 heavy (non-hydrogen) atoms. The number of sulfonamides is 2. The highest BCUT2D eigenvalue weighted by Gasteiger charge is 2.20. The van der Waals surface area contributed by atoms with Gasteiger partial charge in [-0.1, -0.05) is 40.5 Å². The summed E-state index contributed by atoms with van der Waals surface area (Å²) in [7, 11) is -6.78. The second-order valence-corrected chi connectivity index (χ2v) is 12.6. The van der Waals surface area contributed by atoms with Crippen molar-refractivity contribution in [1.29, 1.82) is 0 Å². The SMILES string of the molecule is CC(C)(CCCCOCCCCC(C)(C)CCS(N)(=O)=O)CCS(N)(=O)=O. The van der Waals surface area contributed by atoms with E-state index in [1.165, 1.54) is 0 Å². The Morgan fingerprint density at radius 3 is 1.26 bits per heavy atom. The van der Waals surface area contributed by atoms with Crippen LogP contribution in [0, 0.1) is 10.8 Å². The van der Waals surface area contributed by atoms with Gasteiger partial charge in [0.15, 0.2) is 0 Å². The van der Waals surface area contributed by atoms with Crippen molar-refractivity contribution in [2.75, 3.05) is 24.7 Å². The van der Waals surface area contributed by atoms with E-state index in [2.05, 4.69) is 27.7 Å². The molecule has 0 unspecified atom stereocenters. The molecule has 0 radical (unpaired) electrons. The first-order valence-electron chi connectivity index (χ1n) is 9.71. The maximum atomic E-state index is 11.0. The summed E-state index contributed by atoms with van der Waals surface area (Å²) >= 11 is 0. The normalized spacial score (nSPS) is 13.9.